The van der Waals surface area contributed by atoms with Gasteiger partial charge in [0.1, 0.15) is 17.9 Å². The molecule has 1 saturated heterocycles. The molecule has 46 heavy (non-hydrogen) atoms. The Labute approximate surface area is 265 Å². The highest BCUT2D eigenvalue weighted by Crippen LogP contribution is 2.32. The van der Waals surface area contributed by atoms with Gasteiger partial charge in [-0.25, -0.2) is 4.98 Å². The number of nitrogens with one attached hydrogen (secondary N) is 3. The molecule has 1 fully saturated rings. The fourth-order valence-corrected chi connectivity index (χ4v) is 6.15. The van der Waals surface area contributed by atoms with Crippen molar-refractivity contribution in [3.63, 3.8) is 0 Å². The largest absolute Gasteiger partial charge is 0.384 e. The van der Waals surface area contributed by atoms with Crippen LogP contribution in [0.5, 0.6) is 0 Å². The zero-order chi connectivity index (χ0) is 32.2. The lowest BCUT2D eigenvalue weighted by atomic mass is 10.0. The highest BCUT2D eigenvalue weighted by atomic mass is 16.2. The maximum Gasteiger partial charge on any atom is 0.264 e. The van der Waals surface area contributed by atoms with Crippen molar-refractivity contribution in [2.24, 2.45) is 7.05 Å². The van der Waals surface area contributed by atoms with Crippen LogP contribution in [0.1, 0.15) is 83.1 Å². The first-order chi connectivity index (χ1) is 22.3. The molecule has 2 atom stereocenters. The van der Waals surface area contributed by atoms with E-state index in [1.807, 2.05) is 48.0 Å². The summed E-state index contributed by atoms with van der Waals surface area (Å²) in [6.45, 7) is 0.568. The fourth-order valence-electron chi connectivity index (χ4n) is 6.15. The summed E-state index contributed by atoms with van der Waals surface area (Å²) in [5, 5.41) is 8.64. The third-order valence-electron chi connectivity index (χ3n) is 8.52. The van der Waals surface area contributed by atoms with Gasteiger partial charge in [-0.05, 0) is 49.6 Å². The van der Waals surface area contributed by atoms with Crippen LogP contribution in [0.25, 0.3) is 11.0 Å². The first kappa shape index (κ1) is 30.6. The summed E-state index contributed by atoms with van der Waals surface area (Å²) in [6.07, 6.45) is 7.20. The second-order valence-corrected chi connectivity index (χ2v) is 11.6. The molecule has 2 aliphatic heterocycles. The maximum absolute atomic E-state index is 13.3. The number of carbonyl (C=O) groups excluding carboxylic acids is 5. The Bertz CT molecular complexity index is 1820. The number of imide groups is 2. The molecule has 4 heterocycles. The van der Waals surface area contributed by atoms with Gasteiger partial charge in [0, 0.05) is 50.1 Å². The van der Waals surface area contributed by atoms with Crippen LogP contribution in [0.2, 0.25) is 0 Å². The minimum Gasteiger partial charge on any atom is -0.384 e. The summed E-state index contributed by atoms with van der Waals surface area (Å²) in [5.74, 6) is -1.44. The topological polar surface area (TPSA) is 155 Å². The van der Waals surface area contributed by atoms with Crippen LogP contribution < -0.4 is 16.0 Å². The number of amides is 5. The second kappa shape index (κ2) is 13.3. The molecule has 2 aromatic heterocycles. The quantitative estimate of drug-likeness (QED) is 0.160. The SMILES string of the molecule is Cn1c(C(NC(=O)CCCCCCNc2cccc3c2C(=O)N(C2CCC(=O)NC2=O)C3=O)c2cccnc2)nc2ccccc21. The lowest BCUT2D eigenvalue weighted by Gasteiger charge is -2.27. The van der Waals surface area contributed by atoms with Crippen LogP contribution in [0, 0.1) is 0 Å². The zero-order valence-electron chi connectivity index (χ0n) is 25.5. The Hall–Kier alpha value is -5.39. The molecule has 0 spiro atoms. The number of fused-ring (bicyclic) bond motifs is 2. The number of pyridine rings is 1. The van der Waals surface area contributed by atoms with Crippen molar-refractivity contribution in [3.05, 3.63) is 89.5 Å². The molecule has 2 aromatic carbocycles. The van der Waals surface area contributed by atoms with Crippen LogP contribution in [-0.4, -0.2) is 61.6 Å². The lowest BCUT2D eigenvalue weighted by molar-refractivity contribution is -0.136. The van der Waals surface area contributed by atoms with E-state index >= 15 is 0 Å². The first-order valence-electron chi connectivity index (χ1n) is 15.5. The highest BCUT2D eigenvalue weighted by molar-refractivity contribution is 6.25. The summed E-state index contributed by atoms with van der Waals surface area (Å²) in [7, 11) is 1.94. The first-order valence-corrected chi connectivity index (χ1v) is 15.5. The fraction of sp³-hybridized carbons (Fsp3) is 0.324. The zero-order valence-corrected chi connectivity index (χ0v) is 25.5. The number of hydrogen-bond acceptors (Lipinski definition) is 8. The molecule has 0 aliphatic carbocycles. The number of para-hydroxylation sites is 2. The Morgan fingerprint density at radius 3 is 2.59 bits per heavy atom. The molecule has 4 aromatic rings. The van der Waals surface area contributed by atoms with E-state index in [0.717, 1.165) is 46.6 Å². The number of carbonyl (C=O) groups is 5. The number of unbranched alkanes of at least 4 members (excludes halogenated alkanes) is 3. The maximum atomic E-state index is 13.3. The summed E-state index contributed by atoms with van der Waals surface area (Å²) in [4.78, 5) is 73.3. The third-order valence-corrected chi connectivity index (χ3v) is 8.52. The van der Waals surface area contributed by atoms with E-state index in [1.54, 1.807) is 30.6 Å². The van der Waals surface area contributed by atoms with Crippen LogP contribution in [-0.2, 0) is 21.4 Å². The third kappa shape index (κ3) is 6.10. The molecule has 12 nitrogen and oxygen atoms in total. The van der Waals surface area contributed by atoms with E-state index < -0.39 is 35.7 Å². The average Bonchev–Trinajstić information content (AvgIpc) is 3.52. The summed E-state index contributed by atoms with van der Waals surface area (Å²) in [5.41, 5.74) is 3.73. The van der Waals surface area contributed by atoms with Crippen molar-refractivity contribution in [3.8, 4) is 0 Å². The van der Waals surface area contributed by atoms with Crippen LogP contribution in [0.4, 0.5) is 5.69 Å². The van der Waals surface area contributed by atoms with Crippen molar-refractivity contribution in [1.29, 1.82) is 0 Å². The number of benzene rings is 2. The number of aryl methyl sites for hydroxylation is 1. The Morgan fingerprint density at radius 1 is 0.978 bits per heavy atom. The minimum absolute atomic E-state index is 0.0670. The smallest absolute Gasteiger partial charge is 0.264 e. The van der Waals surface area contributed by atoms with Gasteiger partial charge in [0.25, 0.3) is 11.8 Å². The molecule has 0 radical (unpaired) electrons. The highest BCUT2D eigenvalue weighted by Gasteiger charge is 2.45. The normalized spacial score (nSPS) is 16.8. The molecule has 12 heteroatoms. The summed E-state index contributed by atoms with van der Waals surface area (Å²) >= 11 is 0. The van der Waals surface area contributed by atoms with Crippen molar-refractivity contribution < 1.29 is 24.0 Å². The van der Waals surface area contributed by atoms with Crippen molar-refractivity contribution in [1.82, 2.24) is 30.1 Å². The second-order valence-electron chi connectivity index (χ2n) is 11.6. The molecule has 2 unspecified atom stereocenters. The van der Waals surface area contributed by atoms with Crippen LogP contribution in [0.15, 0.2) is 67.0 Å². The number of piperidine rings is 1. The molecule has 2 aliphatic rings. The van der Waals surface area contributed by atoms with E-state index in [0.29, 0.717) is 25.1 Å². The number of aromatic nitrogens is 3. The standard InChI is InChI=1S/C34H35N7O5/c1-40-25-14-6-5-12-23(25)37-31(40)30(21-10-9-18-35-20-21)38-27(42)15-4-2-3-7-19-36-24-13-8-11-22-29(24)34(46)41(33(22)45)26-16-17-28(43)39-32(26)44/h5-6,8-14,18,20,26,30,36H,2-4,7,15-17,19H2,1H3,(H,38,42)(H,39,43,44). The Morgan fingerprint density at radius 2 is 1.80 bits per heavy atom. The van der Waals surface area contributed by atoms with E-state index in [9.17, 15) is 24.0 Å². The molecule has 0 saturated carbocycles. The van der Waals surface area contributed by atoms with Gasteiger partial charge in [-0.3, -0.25) is 39.2 Å². The number of anilines is 1. The predicted molar refractivity (Wildman–Crippen MR) is 170 cm³/mol. The molecular weight excluding hydrogens is 586 g/mol. The van der Waals surface area contributed by atoms with Crippen molar-refractivity contribution in [2.45, 2.75) is 57.0 Å². The Kier molecular flexibility index (Phi) is 8.86. The van der Waals surface area contributed by atoms with Crippen LogP contribution in [0.3, 0.4) is 0 Å². The van der Waals surface area contributed by atoms with Crippen LogP contribution >= 0.6 is 0 Å². The number of rotatable bonds is 12. The Balaban J connectivity index is 0.991. The molecule has 5 amide bonds. The van der Waals surface area contributed by atoms with Gasteiger partial charge in [0.15, 0.2) is 0 Å². The van der Waals surface area contributed by atoms with Gasteiger partial charge in [-0.2, -0.15) is 0 Å². The number of imidazole rings is 1. The number of nitrogens with zero attached hydrogens (tertiary/aromatic N) is 4. The van der Waals surface area contributed by atoms with E-state index in [4.69, 9.17) is 4.98 Å². The monoisotopic (exact) mass is 621 g/mol. The van der Waals surface area contributed by atoms with E-state index in [1.165, 1.54) is 0 Å². The van der Waals surface area contributed by atoms with E-state index in [2.05, 4.69) is 20.9 Å². The van der Waals surface area contributed by atoms with Crippen molar-refractivity contribution >= 4 is 46.3 Å². The van der Waals surface area contributed by atoms with Gasteiger partial charge >= 0.3 is 0 Å². The van der Waals surface area contributed by atoms with Gasteiger partial charge in [0.05, 0.1) is 22.2 Å². The summed E-state index contributed by atoms with van der Waals surface area (Å²) in [6, 6.07) is 15.2. The molecular formula is C34H35N7O5. The van der Waals surface area contributed by atoms with E-state index in [-0.39, 0.29) is 29.9 Å². The van der Waals surface area contributed by atoms with Gasteiger partial charge in [-0.1, -0.05) is 37.1 Å². The number of hydrogen-bond donors (Lipinski definition) is 3. The van der Waals surface area contributed by atoms with Gasteiger partial charge in [0.2, 0.25) is 17.7 Å². The minimum atomic E-state index is -1.00. The summed E-state index contributed by atoms with van der Waals surface area (Å²) < 4.78 is 2.00. The average molecular weight is 622 g/mol. The molecule has 236 valence electrons. The molecule has 3 N–H and O–H groups in total. The van der Waals surface area contributed by atoms with Crippen molar-refractivity contribution in [2.75, 3.05) is 11.9 Å². The lowest BCUT2D eigenvalue weighted by Crippen LogP contribution is -2.54. The van der Waals surface area contributed by atoms with Gasteiger partial charge < -0.3 is 15.2 Å². The predicted octanol–water partition coefficient (Wildman–Crippen LogP) is 3.64. The van der Waals surface area contributed by atoms with Gasteiger partial charge in [-0.15, -0.1) is 0 Å². The molecule has 0 bridgehead atoms. The molecule has 6 rings (SSSR count).